The maximum absolute atomic E-state index is 12.7. The highest BCUT2D eigenvalue weighted by Gasteiger charge is 2.32. The van der Waals surface area contributed by atoms with E-state index >= 15 is 0 Å². The molecule has 1 aliphatic carbocycles. The molecular formula is C42H74Cl2O2. The molecule has 1 aliphatic rings. The molecule has 0 unspecified atom stereocenters. The first-order chi connectivity index (χ1) is 22.5. The van der Waals surface area contributed by atoms with Crippen molar-refractivity contribution in [1.29, 1.82) is 0 Å². The van der Waals surface area contributed by atoms with Crippen molar-refractivity contribution in [3.63, 3.8) is 0 Å². The predicted octanol–water partition coefficient (Wildman–Crippen LogP) is 15.4. The van der Waals surface area contributed by atoms with Gasteiger partial charge in [-0.3, -0.25) is 9.59 Å². The van der Waals surface area contributed by atoms with Crippen molar-refractivity contribution in [2.45, 2.75) is 232 Å². The molecule has 0 saturated carbocycles. The minimum atomic E-state index is -0.552. The Morgan fingerprint density at radius 3 is 0.826 bits per heavy atom. The van der Waals surface area contributed by atoms with Crippen LogP contribution in [0.1, 0.15) is 232 Å². The largest absolute Gasteiger partial charge is 0.285 e. The first-order valence-electron chi connectivity index (χ1n) is 20.4. The van der Waals surface area contributed by atoms with Crippen LogP contribution >= 0.6 is 23.2 Å². The quantitative estimate of drug-likeness (QED) is 0.0385. The minimum Gasteiger partial charge on any atom is -0.285 e. The summed E-state index contributed by atoms with van der Waals surface area (Å²) in [5.74, 6) is -1.03. The van der Waals surface area contributed by atoms with Crippen molar-refractivity contribution in [3.8, 4) is 0 Å². The van der Waals surface area contributed by atoms with Crippen molar-refractivity contribution < 1.29 is 9.59 Å². The number of allylic oxidation sites excluding steroid dienone is 4. The third kappa shape index (κ3) is 22.1. The number of rotatable bonds is 34. The molecule has 46 heavy (non-hydrogen) atoms. The Morgan fingerprint density at radius 2 is 0.543 bits per heavy atom. The van der Waals surface area contributed by atoms with Gasteiger partial charge in [-0.2, -0.15) is 0 Å². The van der Waals surface area contributed by atoms with E-state index < -0.39 is 11.6 Å². The highest BCUT2D eigenvalue weighted by molar-refractivity contribution is 6.63. The van der Waals surface area contributed by atoms with Gasteiger partial charge in [0.1, 0.15) is 0 Å². The number of Topliss-reactive ketones (excluding diaryl/α,β-unsaturated/α-hetero) is 2. The van der Waals surface area contributed by atoms with Gasteiger partial charge in [0.05, 0.1) is 10.1 Å². The molecule has 0 aromatic heterocycles. The molecule has 4 heteroatoms. The Hall–Kier alpha value is -0.600. The Morgan fingerprint density at radius 1 is 0.304 bits per heavy atom. The summed E-state index contributed by atoms with van der Waals surface area (Å²) in [6.07, 6.45) is 43.6. The Bertz CT molecular complexity index is 788. The summed E-state index contributed by atoms with van der Waals surface area (Å²) in [7, 11) is 0. The van der Waals surface area contributed by atoms with E-state index in [4.69, 9.17) is 23.2 Å². The van der Waals surface area contributed by atoms with Crippen LogP contribution in [-0.4, -0.2) is 11.6 Å². The van der Waals surface area contributed by atoms with E-state index in [1.807, 2.05) is 0 Å². The molecular weight excluding hydrogens is 607 g/mol. The van der Waals surface area contributed by atoms with Gasteiger partial charge in [-0.05, 0) is 31.3 Å². The molecule has 0 N–H and O–H groups in total. The Labute approximate surface area is 296 Å². The molecule has 0 spiro atoms. The summed E-state index contributed by atoms with van der Waals surface area (Å²) in [5, 5.41) is 0.531. The van der Waals surface area contributed by atoms with E-state index in [0.29, 0.717) is 29.0 Å². The smallest absolute Gasteiger partial charge is 0.244 e. The Balaban J connectivity index is 2.10. The van der Waals surface area contributed by atoms with Crippen molar-refractivity contribution in [2.24, 2.45) is 0 Å². The van der Waals surface area contributed by atoms with Crippen molar-refractivity contribution in [3.05, 3.63) is 21.2 Å². The van der Waals surface area contributed by atoms with E-state index in [0.717, 1.165) is 25.7 Å². The number of hydrogen-bond acceptors (Lipinski definition) is 2. The van der Waals surface area contributed by atoms with Gasteiger partial charge in [-0.25, -0.2) is 0 Å². The molecule has 0 atom stereocenters. The van der Waals surface area contributed by atoms with Crippen LogP contribution in [0.15, 0.2) is 21.2 Å². The molecule has 0 fully saturated rings. The summed E-state index contributed by atoms with van der Waals surface area (Å²) in [5.41, 5.74) is 1.22. The maximum Gasteiger partial charge on any atom is 0.244 e. The second-order valence-corrected chi connectivity index (χ2v) is 15.1. The Kier molecular flexibility index (Phi) is 29.9. The summed E-state index contributed by atoms with van der Waals surface area (Å²) in [6, 6.07) is 0. The molecule has 2 nitrogen and oxygen atoms in total. The lowest BCUT2D eigenvalue weighted by atomic mass is 9.90. The van der Waals surface area contributed by atoms with Crippen LogP contribution in [0.3, 0.4) is 0 Å². The lowest BCUT2D eigenvalue weighted by Crippen LogP contribution is -2.23. The number of carbonyl (C=O) groups excluding carboxylic acids is 2. The van der Waals surface area contributed by atoms with Gasteiger partial charge in [0.2, 0.25) is 11.6 Å². The molecule has 0 amide bonds. The van der Waals surface area contributed by atoms with Crippen LogP contribution in [-0.2, 0) is 9.59 Å². The van der Waals surface area contributed by atoms with E-state index in [-0.39, 0.29) is 5.03 Å². The number of carbonyl (C=O) groups is 2. The van der Waals surface area contributed by atoms with Crippen LogP contribution < -0.4 is 0 Å². The van der Waals surface area contributed by atoms with Crippen molar-refractivity contribution >= 4 is 34.8 Å². The lowest BCUT2D eigenvalue weighted by molar-refractivity contribution is -0.132. The second-order valence-electron chi connectivity index (χ2n) is 14.3. The maximum atomic E-state index is 12.7. The molecule has 0 aromatic carbocycles. The second kappa shape index (κ2) is 31.7. The van der Waals surface area contributed by atoms with Gasteiger partial charge in [-0.1, -0.05) is 230 Å². The van der Waals surface area contributed by atoms with E-state index in [1.54, 1.807) is 0 Å². The van der Waals surface area contributed by atoms with Gasteiger partial charge < -0.3 is 0 Å². The highest BCUT2D eigenvalue weighted by atomic mass is 35.5. The fourth-order valence-electron chi connectivity index (χ4n) is 6.89. The fraction of sp³-hybridized carbons (Fsp3) is 0.857. The van der Waals surface area contributed by atoms with Gasteiger partial charge in [-0.15, -0.1) is 0 Å². The van der Waals surface area contributed by atoms with Crippen LogP contribution in [0.5, 0.6) is 0 Å². The average Bonchev–Trinajstić information content (AvgIpc) is 3.06. The zero-order valence-corrected chi connectivity index (χ0v) is 32.1. The molecule has 1 rings (SSSR count). The van der Waals surface area contributed by atoms with Crippen molar-refractivity contribution in [2.75, 3.05) is 0 Å². The topological polar surface area (TPSA) is 34.1 Å². The standard InChI is InChI=1S/C42H74Cl2O2/c1-3-5-7-9-11-13-15-17-19-21-23-25-27-29-31-33-35-37-39(43)38(41(45)42(46)40(37)44)36-34-32-30-28-26-24-22-20-18-16-14-12-10-8-6-4-2/h3-36H2,1-2H3. The molecule has 0 heterocycles. The normalized spacial score (nSPS) is 13.9. The molecule has 0 bridgehead atoms. The monoisotopic (exact) mass is 681 g/mol. The third-order valence-electron chi connectivity index (χ3n) is 10.0. The zero-order valence-electron chi connectivity index (χ0n) is 30.6. The van der Waals surface area contributed by atoms with E-state index in [1.165, 1.54) is 180 Å². The van der Waals surface area contributed by atoms with Crippen LogP contribution in [0.25, 0.3) is 0 Å². The molecule has 0 saturated heterocycles. The fourth-order valence-corrected chi connectivity index (χ4v) is 7.59. The first kappa shape index (κ1) is 43.4. The molecule has 268 valence electrons. The number of ketones is 2. The van der Waals surface area contributed by atoms with Crippen LogP contribution in [0.2, 0.25) is 0 Å². The molecule has 0 radical (unpaired) electrons. The zero-order chi connectivity index (χ0) is 33.5. The van der Waals surface area contributed by atoms with Gasteiger partial charge in [0.25, 0.3) is 0 Å². The highest BCUT2D eigenvalue weighted by Crippen LogP contribution is 2.36. The minimum absolute atomic E-state index is 0.0617. The molecule has 0 aromatic rings. The third-order valence-corrected chi connectivity index (χ3v) is 10.9. The number of unbranched alkanes of at least 4 members (excludes halogenated alkanes) is 30. The van der Waals surface area contributed by atoms with Crippen LogP contribution in [0.4, 0.5) is 0 Å². The summed E-state index contributed by atoms with van der Waals surface area (Å²) in [6.45, 7) is 4.56. The van der Waals surface area contributed by atoms with Gasteiger partial charge >= 0.3 is 0 Å². The summed E-state index contributed by atoms with van der Waals surface area (Å²) < 4.78 is 0. The summed E-state index contributed by atoms with van der Waals surface area (Å²) >= 11 is 13.1. The number of halogens is 2. The summed E-state index contributed by atoms with van der Waals surface area (Å²) in [4.78, 5) is 25.3. The van der Waals surface area contributed by atoms with Crippen LogP contribution in [0, 0.1) is 0 Å². The lowest BCUT2D eigenvalue weighted by Gasteiger charge is -2.19. The average molecular weight is 682 g/mol. The van der Waals surface area contributed by atoms with Gasteiger partial charge in [0.15, 0.2) is 0 Å². The number of hydrogen-bond donors (Lipinski definition) is 0. The predicted molar refractivity (Wildman–Crippen MR) is 204 cm³/mol. The SMILES string of the molecule is CCCCCCCCCCCCCCCCCCC1=C(Cl)C(CCCCCCCCCCCCCCCCCC)=C(Cl)C(=O)C1=O. The van der Waals surface area contributed by atoms with E-state index in [2.05, 4.69) is 13.8 Å². The first-order valence-corrected chi connectivity index (χ1v) is 21.2. The van der Waals surface area contributed by atoms with Gasteiger partial charge in [0, 0.05) is 5.57 Å². The van der Waals surface area contributed by atoms with Crippen molar-refractivity contribution in [1.82, 2.24) is 0 Å². The van der Waals surface area contributed by atoms with E-state index in [9.17, 15) is 9.59 Å². The molecule has 0 aliphatic heterocycles.